The first-order valence-corrected chi connectivity index (χ1v) is 6.05. The molecule has 0 amide bonds. The molecule has 0 aliphatic heterocycles. The number of hydrogen-bond donors (Lipinski definition) is 0. The van der Waals surface area contributed by atoms with E-state index in [2.05, 4.69) is 20.8 Å². The zero-order valence-corrected chi connectivity index (χ0v) is 9.85. The first-order chi connectivity index (χ1) is 6.74. The van der Waals surface area contributed by atoms with E-state index in [1.165, 1.54) is 19.3 Å². The molecule has 0 spiro atoms. The van der Waals surface area contributed by atoms with Crippen molar-refractivity contribution < 1.29 is 4.79 Å². The second-order valence-electron chi connectivity index (χ2n) is 4.12. The Morgan fingerprint density at radius 1 is 1.14 bits per heavy atom. The molecule has 0 aromatic heterocycles. The average molecular weight is 197 g/mol. The molecular formula is C13H25O. The van der Waals surface area contributed by atoms with E-state index in [-0.39, 0.29) is 0 Å². The molecule has 1 nitrogen and oxygen atoms in total. The van der Waals surface area contributed by atoms with Crippen LogP contribution in [-0.2, 0) is 4.79 Å². The smallest absolute Gasteiger partial charge is 0.132 e. The molecule has 1 unspecified atom stereocenters. The van der Waals surface area contributed by atoms with Crippen LogP contribution >= 0.6 is 0 Å². The highest BCUT2D eigenvalue weighted by molar-refractivity contribution is 5.78. The van der Waals surface area contributed by atoms with Crippen LogP contribution in [0, 0.1) is 12.8 Å². The molecule has 0 fully saturated rings. The van der Waals surface area contributed by atoms with Crippen molar-refractivity contribution in [1.29, 1.82) is 0 Å². The van der Waals surface area contributed by atoms with E-state index in [9.17, 15) is 4.79 Å². The summed E-state index contributed by atoms with van der Waals surface area (Å²) in [5, 5.41) is 0. The van der Waals surface area contributed by atoms with E-state index in [1.807, 2.05) is 0 Å². The van der Waals surface area contributed by atoms with Gasteiger partial charge >= 0.3 is 0 Å². The molecule has 0 aromatic carbocycles. The molecule has 0 heterocycles. The molecule has 14 heavy (non-hydrogen) atoms. The van der Waals surface area contributed by atoms with Crippen LogP contribution < -0.4 is 0 Å². The second-order valence-corrected chi connectivity index (χ2v) is 4.12. The van der Waals surface area contributed by atoms with Gasteiger partial charge in [0.1, 0.15) is 5.78 Å². The molecule has 0 aliphatic carbocycles. The summed E-state index contributed by atoms with van der Waals surface area (Å²) in [7, 11) is 0. The lowest BCUT2D eigenvalue weighted by Crippen LogP contribution is -2.02. The van der Waals surface area contributed by atoms with E-state index >= 15 is 0 Å². The van der Waals surface area contributed by atoms with Crippen molar-refractivity contribution >= 4 is 5.78 Å². The Morgan fingerprint density at radius 2 is 1.86 bits per heavy atom. The molecule has 1 radical (unpaired) electrons. The van der Waals surface area contributed by atoms with Crippen LogP contribution in [0.25, 0.3) is 0 Å². The van der Waals surface area contributed by atoms with Gasteiger partial charge in [0.15, 0.2) is 0 Å². The fourth-order valence-corrected chi connectivity index (χ4v) is 1.83. The Balaban J connectivity index is 3.45. The van der Waals surface area contributed by atoms with Crippen LogP contribution in [0.5, 0.6) is 0 Å². The highest BCUT2D eigenvalue weighted by Crippen LogP contribution is 2.18. The van der Waals surface area contributed by atoms with Crippen molar-refractivity contribution in [2.75, 3.05) is 0 Å². The average Bonchev–Trinajstić information content (AvgIpc) is 2.17. The van der Waals surface area contributed by atoms with Gasteiger partial charge in [-0.05, 0) is 18.8 Å². The molecule has 0 bridgehead atoms. The van der Waals surface area contributed by atoms with Crippen LogP contribution in [0.1, 0.15) is 65.2 Å². The normalized spacial score (nSPS) is 12.8. The number of carbonyl (C=O) groups excluding carboxylic acids is 1. The van der Waals surface area contributed by atoms with Crippen molar-refractivity contribution in [3.8, 4) is 0 Å². The van der Waals surface area contributed by atoms with E-state index < -0.39 is 0 Å². The van der Waals surface area contributed by atoms with Gasteiger partial charge in [-0.2, -0.15) is 0 Å². The van der Waals surface area contributed by atoms with Crippen molar-refractivity contribution in [3.63, 3.8) is 0 Å². The summed E-state index contributed by atoms with van der Waals surface area (Å²) in [6.45, 7) is 8.23. The molecule has 0 rings (SSSR count). The molecule has 1 atom stereocenters. The van der Waals surface area contributed by atoms with Gasteiger partial charge in [-0.3, -0.25) is 4.79 Å². The third kappa shape index (κ3) is 7.11. The molecule has 0 saturated carbocycles. The fourth-order valence-electron chi connectivity index (χ4n) is 1.83. The van der Waals surface area contributed by atoms with E-state index in [4.69, 9.17) is 0 Å². The lowest BCUT2D eigenvalue weighted by molar-refractivity contribution is -0.119. The van der Waals surface area contributed by atoms with Crippen molar-refractivity contribution in [2.45, 2.75) is 65.2 Å². The molecule has 0 saturated heterocycles. The lowest BCUT2D eigenvalue weighted by atomic mass is 9.94. The highest BCUT2D eigenvalue weighted by Gasteiger charge is 2.06. The number of Topliss-reactive ketones (excluding diaryl/α,β-unsaturated/α-hetero) is 1. The largest absolute Gasteiger partial charge is 0.300 e. The van der Waals surface area contributed by atoms with Gasteiger partial charge in [0.05, 0.1) is 0 Å². The zero-order chi connectivity index (χ0) is 10.8. The number of hydrogen-bond acceptors (Lipinski definition) is 1. The number of rotatable bonds is 9. The van der Waals surface area contributed by atoms with Gasteiger partial charge in [0.2, 0.25) is 0 Å². The third-order valence-electron chi connectivity index (χ3n) is 2.70. The van der Waals surface area contributed by atoms with E-state index in [1.54, 1.807) is 0 Å². The number of carbonyl (C=O) groups is 1. The second kappa shape index (κ2) is 9.23. The van der Waals surface area contributed by atoms with Gasteiger partial charge < -0.3 is 0 Å². The first kappa shape index (κ1) is 13.7. The summed E-state index contributed by atoms with van der Waals surface area (Å²) in [6, 6.07) is 0. The van der Waals surface area contributed by atoms with Crippen LogP contribution in [0.15, 0.2) is 0 Å². The maximum atomic E-state index is 11.3. The minimum atomic E-state index is 0.437. The van der Waals surface area contributed by atoms with Crippen LogP contribution in [0.3, 0.4) is 0 Å². The molecule has 0 N–H and O–H groups in total. The minimum Gasteiger partial charge on any atom is -0.300 e. The molecular weight excluding hydrogens is 172 g/mol. The predicted molar refractivity (Wildman–Crippen MR) is 62.1 cm³/mol. The lowest BCUT2D eigenvalue weighted by Gasteiger charge is -2.12. The Kier molecular flexibility index (Phi) is 9.02. The summed E-state index contributed by atoms with van der Waals surface area (Å²) in [5.41, 5.74) is 0. The van der Waals surface area contributed by atoms with Crippen molar-refractivity contribution in [2.24, 2.45) is 5.92 Å². The monoisotopic (exact) mass is 197 g/mol. The summed E-state index contributed by atoms with van der Waals surface area (Å²) in [5.74, 6) is 1.18. The van der Waals surface area contributed by atoms with Crippen molar-refractivity contribution in [3.05, 3.63) is 6.92 Å². The topological polar surface area (TPSA) is 17.1 Å². The van der Waals surface area contributed by atoms with Gasteiger partial charge in [0, 0.05) is 12.8 Å². The maximum absolute atomic E-state index is 11.3. The molecule has 0 aromatic rings. The van der Waals surface area contributed by atoms with Gasteiger partial charge in [0.25, 0.3) is 0 Å². The summed E-state index contributed by atoms with van der Waals surface area (Å²) >= 11 is 0. The van der Waals surface area contributed by atoms with Crippen LogP contribution in [0.2, 0.25) is 0 Å². The third-order valence-corrected chi connectivity index (χ3v) is 2.70. The fraction of sp³-hybridized carbons (Fsp3) is 0.846. The van der Waals surface area contributed by atoms with Gasteiger partial charge in [-0.25, -0.2) is 0 Å². The van der Waals surface area contributed by atoms with E-state index in [0.29, 0.717) is 5.78 Å². The van der Waals surface area contributed by atoms with Crippen LogP contribution in [-0.4, -0.2) is 5.78 Å². The summed E-state index contributed by atoms with van der Waals surface area (Å²) < 4.78 is 0. The highest BCUT2D eigenvalue weighted by atomic mass is 16.1. The SMILES string of the molecule is [CH2]CC(CCC)CCCC(=O)CCC. The Bertz CT molecular complexity index is 140. The first-order valence-electron chi connectivity index (χ1n) is 6.05. The minimum absolute atomic E-state index is 0.437. The molecule has 83 valence electrons. The van der Waals surface area contributed by atoms with Crippen molar-refractivity contribution in [1.82, 2.24) is 0 Å². The summed E-state index contributed by atoms with van der Waals surface area (Å²) in [6.07, 6.45) is 8.33. The van der Waals surface area contributed by atoms with Crippen LogP contribution in [0.4, 0.5) is 0 Å². The van der Waals surface area contributed by atoms with Gasteiger partial charge in [-0.15, -0.1) is 0 Å². The summed E-state index contributed by atoms with van der Waals surface area (Å²) in [4.78, 5) is 11.3. The maximum Gasteiger partial charge on any atom is 0.132 e. The molecule has 1 heteroatoms. The zero-order valence-electron chi connectivity index (χ0n) is 9.85. The van der Waals surface area contributed by atoms with Gasteiger partial charge in [-0.1, -0.05) is 46.5 Å². The molecule has 0 aliphatic rings. The Morgan fingerprint density at radius 3 is 2.36 bits per heavy atom. The standard InChI is InChI=1S/C13H25O/c1-4-8-12(6-3)10-7-11-13(14)9-5-2/h12H,3-11H2,1-2H3. The van der Waals surface area contributed by atoms with E-state index in [0.717, 1.165) is 38.0 Å². The predicted octanol–water partition coefficient (Wildman–Crippen LogP) is 4.17. The number of ketones is 1. The Hall–Kier alpha value is -0.330. The Labute approximate surface area is 89.3 Å². The quantitative estimate of drug-likeness (QED) is 0.542.